The molecule has 0 atom stereocenters. The molecular formula is C18H15N5O5. The Kier molecular flexibility index (Phi) is 4.86. The summed E-state index contributed by atoms with van der Waals surface area (Å²) in [6.45, 7) is 3.52. The number of phenolic OH excluding ortho intramolecular Hbond substituents is 1. The number of hydrogen-bond donors (Lipinski definition) is 1. The summed E-state index contributed by atoms with van der Waals surface area (Å²) >= 11 is 0. The number of nitrogens with zero attached hydrogens (tertiary/aromatic N) is 5. The van der Waals surface area contributed by atoms with Gasteiger partial charge in [0.15, 0.2) is 0 Å². The standard InChI is InChI=1S/C18H15N5O5/c1-11-18(19-10-13-9-16(23(27)28)7-8-17(13)24)12(2)21(20-11)14-3-5-15(6-4-14)22(25)26/h3-10,24H,1-2H3. The Morgan fingerprint density at radius 3 is 2.25 bits per heavy atom. The molecule has 10 heteroatoms. The Morgan fingerprint density at radius 2 is 1.64 bits per heavy atom. The van der Waals surface area contributed by atoms with E-state index < -0.39 is 9.85 Å². The first-order valence-electron chi connectivity index (χ1n) is 8.10. The van der Waals surface area contributed by atoms with Crippen LogP contribution in [0.25, 0.3) is 5.69 Å². The molecule has 0 aliphatic carbocycles. The van der Waals surface area contributed by atoms with E-state index >= 15 is 0 Å². The topological polar surface area (TPSA) is 137 Å². The fourth-order valence-electron chi connectivity index (χ4n) is 2.68. The van der Waals surface area contributed by atoms with Crippen molar-refractivity contribution in [1.29, 1.82) is 0 Å². The van der Waals surface area contributed by atoms with E-state index in [2.05, 4.69) is 10.1 Å². The van der Waals surface area contributed by atoms with Crippen LogP contribution in [0.3, 0.4) is 0 Å². The Morgan fingerprint density at radius 1 is 1.04 bits per heavy atom. The van der Waals surface area contributed by atoms with Crippen LogP contribution in [-0.4, -0.2) is 30.9 Å². The summed E-state index contributed by atoms with van der Waals surface area (Å²) in [4.78, 5) is 25.0. The molecule has 0 radical (unpaired) electrons. The molecule has 28 heavy (non-hydrogen) atoms. The summed E-state index contributed by atoms with van der Waals surface area (Å²) in [6, 6.07) is 9.60. The highest BCUT2D eigenvalue weighted by molar-refractivity contribution is 5.86. The predicted octanol–water partition coefficient (Wildman–Crippen LogP) is 3.76. The van der Waals surface area contributed by atoms with Gasteiger partial charge in [-0.3, -0.25) is 25.2 Å². The number of phenols is 1. The van der Waals surface area contributed by atoms with Gasteiger partial charge in [0.2, 0.25) is 0 Å². The molecule has 0 aliphatic rings. The second kappa shape index (κ2) is 7.27. The minimum Gasteiger partial charge on any atom is -0.507 e. The number of benzene rings is 2. The zero-order valence-electron chi connectivity index (χ0n) is 14.9. The Labute approximate surface area is 158 Å². The average molecular weight is 381 g/mol. The summed E-state index contributed by atoms with van der Waals surface area (Å²) in [6.07, 6.45) is 1.33. The van der Waals surface area contributed by atoms with Gasteiger partial charge >= 0.3 is 0 Å². The fraction of sp³-hybridized carbons (Fsp3) is 0.111. The summed E-state index contributed by atoms with van der Waals surface area (Å²) in [7, 11) is 0. The third kappa shape index (κ3) is 3.56. The first kappa shape index (κ1) is 18.7. The van der Waals surface area contributed by atoms with E-state index in [1.807, 2.05) is 0 Å². The molecule has 0 unspecified atom stereocenters. The number of nitro groups is 2. The molecule has 1 heterocycles. The van der Waals surface area contributed by atoms with Crippen LogP contribution in [0.2, 0.25) is 0 Å². The van der Waals surface area contributed by atoms with Crippen molar-refractivity contribution in [3.63, 3.8) is 0 Å². The monoisotopic (exact) mass is 381 g/mol. The molecule has 142 valence electrons. The Bertz CT molecular complexity index is 1100. The van der Waals surface area contributed by atoms with Crippen LogP contribution in [0.5, 0.6) is 5.75 Å². The lowest BCUT2D eigenvalue weighted by Gasteiger charge is -2.04. The molecule has 3 aromatic rings. The van der Waals surface area contributed by atoms with Crippen molar-refractivity contribution >= 4 is 23.3 Å². The number of nitro benzene ring substituents is 2. The van der Waals surface area contributed by atoms with E-state index in [-0.39, 0.29) is 22.7 Å². The van der Waals surface area contributed by atoms with Gasteiger partial charge in [-0.25, -0.2) is 4.68 Å². The van der Waals surface area contributed by atoms with Crippen molar-refractivity contribution in [2.45, 2.75) is 13.8 Å². The van der Waals surface area contributed by atoms with Crippen LogP contribution in [0.15, 0.2) is 47.5 Å². The van der Waals surface area contributed by atoms with Crippen molar-refractivity contribution in [2.75, 3.05) is 0 Å². The van der Waals surface area contributed by atoms with Crippen LogP contribution in [0.1, 0.15) is 17.0 Å². The molecule has 10 nitrogen and oxygen atoms in total. The maximum Gasteiger partial charge on any atom is 0.270 e. The average Bonchev–Trinajstić information content (AvgIpc) is 2.95. The zero-order chi connectivity index (χ0) is 20.4. The van der Waals surface area contributed by atoms with E-state index in [0.29, 0.717) is 22.8 Å². The quantitative estimate of drug-likeness (QED) is 0.406. The number of aliphatic imine (C=N–C) groups is 1. The van der Waals surface area contributed by atoms with E-state index in [9.17, 15) is 25.3 Å². The number of aryl methyl sites for hydroxylation is 1. The number of non-ortho nitro benzene ring substituents is 2. The van der Waals surface area contributed by atoms with Gasteiger partial charge < -0.3 is 5.11 Å². The van der Waals surface area contributed by atoms with Crippen LogP contribution < -0.4 is 0 Å². The van der Waals surface area contributed by atoms with E-state index in [4.69, 9.17) is 0 Å². The summed E-state index contributed by atoms with van der Waals surface area (Å²) < 4.78 is 1.60. The van der Waals surface area contributed by atoms with Gasteiger partial charge in [0.05, 0.1) is 26.9 Å². The lowest BCUT2D eigenvalue weighted by Crippen LogP contribution is -1.99. The number of aromatic nitrogens is 2. The fourth-order valence-corrected chi connectivity index (χ4v) is 2.68. The SMILES string of the molecule is Cc1nn(-c2ccc([N+](=O)[O-])cc2)c(C)c1N=Cc1cc([N+](=O)[O-])ccc1O. The van der Waals surface area contributed by atoms with Gasteiger partial charge in [-0.2, -0.15) is 5.10 Å². The van der Waals surface area contributed by atoms with Crippen LogP contribution >= 0.6 is 0 Å². The predicted molar refractivity (Wildman–Crippen MR) is 102 cm³/mol. The molecule has 1 aromatic heterocycles. The van der Waals surface area contributed by atoms with Gasteiger partial charge in [0.1, 0.15) is 11.4 Å². The van der Waals surface area contributed by atoms with E-state index in [0.717, 1.165) is 0 Å². The molecule has 0 saturated carbocycles. The molecule has 0 aliphatic heterocycles. The largest absolute Gasteiger partial charge is 0.507 e. The lowest BCUT2D eigenvalue weighted by atomic mass is 10.2. The van der Waals surface area contributed by atoms with Gasteiger partial charge in [-0.05, 0) is 32.0 Å². The van der Waals surface area contributed by atoms with Crippen molar-refractivity contribution in [3.8, 4) is 11.4 Å². The lowest BCUT2D eigenvalue weighted by molar-refractivity contribution is -0.385. The second-order valence-electron chi connectivity index (χ2n) is 5.96. The normalized spacial score (nSPS) is 11.1. The highest BCUT2D eigenvalue weighted by Crippen LogP contribution is 2.28. The third-order valence-electron chi connectivity index (χ3n) is 4.11. The molecular weight excluding hydrogens is 366 g/mol. The second-order valence-corrected chi connectivity index (χ2v) is 5.96. The maximum atomic E-state index is 10.9. The summed E-state index contributed by atoms with van der Waals surface area (Å²) in [5.41, 5.74) is 2.45. The molecule has 0 fully saturated rings. The van der Waals surface area contributed by atoms with Crippen LogP contribution in [0.4, 0.5) is 17.1 Å². The molecule has 3 rings (SSSR count). The van der Waals surface area contributed by atoms with Gasteiger partial charge in [0, 0.05) is 36.0 Å². The molecule has 1 N–H and O–H groups in total. The summed E-state index contributed by atoms with van der Waals surface area (Å²) in [5, 5.41) is 36.0. The number of rotatable bonds is 5. The Balaban J connectivity index is 1.96. The van der Waals surface area contributed by atoms with Crippen LogP contribution in [-0.2, 0) is 0 Å². The highest BCUT2D eigenvalue weighted by Gasteiger charge is 2.14. The van der Waals surface area contributed by atoms with Gasteiger partial charge in [-0.1, -0.05) is 0 Å². The molecule has 0 bridgehead atoms. The third-order valence-corrected chi connectivity index (χ3v) is 4.11. The van der Waals surface area contributed by atoms with Gasteiger partial charge in [-0.15, -0.1) is 0 Å². The van der Waals surface area contributed by atoms with Crippen molar-refractivity contribution in [1.82, 2.24) is 9.78 Å². The van der Waals surface area contributed by atoms with Crippen molar-refractivity contribution in [2.24, 2.45) is 4.99 Å². The summed E-state index contributed by atoms with van der Waals surface area (Å²) in [5.74, 6) is -0.132. The first-order valence-corrected chi connectivity index (χ1v) is 8.10. The van der Waals surface area contributed by atoms with Gasteiger partial charge in [0.25, 0.3) is 11.4 Å². The number of aromatic hydroxyl groups is 1. The molecule has 0 saturated heterocycles. The zero-order valence-corrected chi connectivity index (χ0v) is 14.9. The van der Waals surface area contributed by atoms with Crippen molar-refractivity contribution < 1.29 is 15.0 Å². The molecule has 0 amide bonds. The molecule has 2 aromatic carbocycles. The highest BCUT2D eigenvalue weighted by atomic mass is 16.6. The minimum atomic E-state index is -0.556. The van der Waals surface area contributed by atoms with E-state index in [1.165, 1.54) is 36.5 Å². The van der Waals surface area contributed by atoms with Crippen molar-refractivity contribution in [3.05, 3.63) is 79.6 Å². The minimum absolute atomic E-state index is 0.0235. The maximum absolute atomic E-state index is 10.9. The van der Waals surface area contributed by atoms with E-state index in [1.54, 1.807) is 30.7 Å². The first-order chi connectivity index (χ1) is 13.3. The van der Waals surface area contributed by atoms with Crippen LogP contribution in [0, 0.1) is 34.1 Å². The molecule has 0 spiro atoms. The smallest absolute Gasteiger partial charge is 0.270 e. The Hall–Kier alpha value is -4.08. The number of hydrogen-bond acceptors (Lipinski definition) is 7.